The van der Waals surface area contributed by atoms with Crippen LogP contribution < -0.4 is 15.5 Å². The Morgan fingerprint density at radius 2 is 1.62 bits per heavy atom. The van der Waals surface area contributed by atoms with Gasteiger partial charge in [0.15, 0.2) is 0 Å². The molecule has 0 bridgehead atoms. The molecular weight excluding hydrogens is 268 g/mol. The van der Waals surface area contributed by atoms with E-state index in [2.05, 4.69) is 44.3 Å². The van der Waals surface area contributed by atoms with Gasteiger partial charge in [0.2, 0.25) is 17.8 Å². The predicted molar refractivity (Wildman–Crippen MR) is 87.2 cm³/mol. The largest absolute Gasteiger partial charge is 0.382 e. The van der Waals surface area contributed by atoms with E-state index >= 15 is 0 Å². The van der Waals surface area contributed by atoms with Crippen molar-refractivity contribution in [1.29, 1.82) is 0 Å². The van der Waals surface area contributed by atoms with Gasteiger partial charge in [-0.05, 0) is 34.1 Å². The third-order valence-corrected chi connectivity index (χ3v) is 2.96. The maximum absolute atomic E-state index is 5.32. The molecule has 2 N–H and O–H groups in total. The summed E-state index contributed by atoms with van der Waals surface area (Å²) in [6.07, 6.45) is 0.927. The van der Waals surface area contributed by atoms with Crippen LogP contribution in [0.2, 0.25) is 0 Å². The molecule has 0 unspecified atom stereocenters. The Hall–Kier alpha value is -1.63. The molecule has 1 heterocycles. The number of anilines is 3. The summed E-state index contributed by atoms with van der Waals surface area (Å²) < 4.78 is 5.32. The molecule has 0 saturated carbocycles. The molecule has 0 aliphatic carbocycles. The van der Waals surface area contributed by atoms with Crippen LogP contribution in [0.25, 0.3) is 0 Å². The van der Waals surface area contributed by atoms with E-state index in [1.807, 2.05) is 13.8 Å². The van der Waals surface area contributed by atoms with Crippen molar-refractivity contribution in [3.8, 4) is 0 Å². The second-order valence-electron chi connectivity index (χ2n) is 4.46. The Labute approximate surface area is 127 Å². The highest BCUT2D eigenvalue weighted by atomic mass is 16.5. The smallest absolute Gasteiger partial charge is 0.231 e. The van der Waals surface area contributed by atoms with E-state index < -0.39 is 0 Å². The average molecular weight is 296 g/mol. The number of rotatable bonds is 11. The van der Waals surface area contributed by atoms with Gasteiger partial charge in [-0.3, -0.25) is 0 Å². The lowest BCUT2D eigenvalue weighted by atomic mass is 10.4. The normalized spacial score (nSPS) is 10.5. The standard InChI is InChI=1S/C14H28N6O/c1-5-15-12-17-13(16-10-9-11-21-8-4)19-14(18-12)20(6-2)7-3/h5-11H2,1-4H3,(H2,15,16,17,18,19). The molecule has 21 heavy (non-hydrogen) atoms. The van der Waals surface area contributed by atoms with Gasteiger partial charge in [-0.1, -0.05) is 0 Å². The molecule has 7 heteroatoms. The summed E-state index contributed by atoms with van der Waals surface area (Å²) >= 11 is 0. The lowest BCUT2D eigenvalue weighted by Crippen LogP contribution is -2.25. The Morgan fingerprint density at radius 3 is 2.19 bits per heavy atom. The van der Waals surface area contributed by atoms with Crippen molar-refractivity contribution in [2.75, 3.05) is 54.9 Å². The Kier molecular flexibility index (Phi) is 8.42. The molecule has 7 nitrogen and oxygen atoms in total. The van der Waals surface area contributed by atoms with E-state index in [1.54, 1.807) is 0 Å². The van der Waals surface area contributed by atoms with Crippen LogP contribution in [0.15, 0.2) is 0 Å². The lowest BCUT2D eigenvalue weighted by Gasteiger charge is -2.19. The summed E-state index contributed by atoms with van der Waals surface area (Å²) in [5, 5.41) is 6.39. The molecule has 0 aliphatic heterocycles. The average Bonchev–Trinajstić information content (AvgIpc) is 2.48. The van der Waals surface area contributed by atoms with Gasteiger partial charge in [-0.2, -0.15) is 15.0 Å². The van der Waals surface area contributed by atoms with E-state index in [9.17, 15) is 0 Å². The summed E-state index contributed by atoms with van der Waals surface area (Å²) in [6.45, 7) is 13.0. The molecule has 0 radical (unpaired) electrons. The van der Waals surface area contributed by atoms with Gasteiger partial charge < -0.3 is 20.3 Å². The van der Waals surface area contributed by atoms with E-state index in [1.165, 1.54) is 0 Å². The minimum absolute atomic E-state index is 0.611. The molecular formula is C14H28N6O. The maximum Gasteiger partial charge on any atom is 0.231 e. The maximum atomic E-state index is 5.32. The van der Waals surface area contributed by atoms with E-state index in [-0.39, 0.29) is 0 Å². The number of nitrogens with one attached hydrogen (secondary N) is 2. The summed E-state index contributed by atoms with van der Waals surface area (Å²) in [4.78, 5) is 15.4. The molecule has 1 aromatic heterocycles. The van der Waals surface area contributed by atoms with Gasteiger partial charge in [-0.15, -0.1) is 0 Å². The number of ether oxygens (including phenoxy) is 1. The van der Waals surface area contributed by atoms with E-state index in [0.29, 0.717) is 17.8 Å². The van der Waals surface area contributed by atoms with Crippen LogP contribution in [-0.4, -0.2) is 54.3 Å². The van der Waals surface area contributed by atoms with Crippen LogP contribution in [0.3, 0.4) is 0 Å². The summed E-state index contributed by atoms with van der Waals surface area (Å²) in [5.41, 5.74) is 0. The molecule has 0 aliphatic rings. The third-order valence-electron chi connectivity index (χ3n) is 2.96. The minimum atomic E-state index is 0.611. The van der Waals surface area contributed by atoms with Gasteiger partial charge in [0, 0.05) is 39.4 Å². The van der Waals surface area contributed by atoms with Crippen molar-refractivity contribution in [2.45, 2.75) is 34.1 Å². The summed E-state index contributed by atoms with van der Waals surface area (Å²) in [7, 11) is 0. The Balaban J connectivity index is 2.72. The van der Waals surface area contributed by atoms with Crippen LogP contribution in [-0.2, 0) is 4.74 Å². The zero-order chi connectivity index (χ0) is 15.5. The first kappa shape index (κ1) is 17.4. The minimum Gasteiger partial charge on any atom is -0.382 e. The van der Waals surface area contributed by atoms with Gasteiger partial charge in [-0.25, -0.2) is 0 Å². The first-order valence-electron chi connectivity index (χ1n) is 7.81. The van der Waals surface area contributed by atoms with Gasteiger partial charge in [0.25, 0.3) is 0 Å². The highest BCUT2D eigenvalue weighted by Gasteiger charge is 2.10. The zero-order valence-corrected chi connectivity index (χ0v) is 13.6. The van der Waals surface area contributed by atoms with Crippen molar-refractivity contribution in [1.82, 2.24) is 15.0 Å². The van der Waals surface area contributed by atoms with Crippen molar-refractivity contribution in [2.24, 2.45) is 0 Å². The van der Waals surface area contributed by atoms with Gasteiger partial charge >= 0.3 is 0 Å². The number of nitrogens with zero attached hydrogens (tertiary/aromatic N) is 4. The lowest BCUT2D eigenvalue weighted by molar-refractivity contribution is 0.147. The molecule has 0 spiro atoms. The van der Waals surface area contributed by atoms with Crippen molar-refractivity contribution >= 4 is 17.8 Å². The first-order valence-corrected chi connectivity index (χ1v) is 7.81. The number of aromatic nitrogens is 3. The Morgan fingerprint density at radius 1 is 0.952 bits per heavy atom. The zero-order valence-electron chi connectivity index (χ0n) is 13.6. The van der Waals surface area contributed by atoms with Crippen molar-refractivity contribution in [3.63, 3.8) is 0 Å². The van der Waals surface area contributed by atoms with E-state index in [4.69, 9.17) is 4.74 Å². The molecule has 120 valence electrons. The van der Waals surface area contributed by atoms with Gasteiger partial charge in [0.05, 0.1) is 0 Å². The molecule has 0 aromatic carbocycles. The summed E-state index contributed by atoms with van der Waals surface area (Å²) in [6, 6.07) is 0. The van der Waals surface area contributed by atoms with Crippen LogP contribution in [0.5, 0.6) is 0 Å². The predicted octanol–water partition coefficient (Wildman–Crippen LogP) is 1.99. The second kappa shape index (κ2) is 10.1. The van der Waals surface area contributed by atoms with Crippen molar-refractivity contribution in [3.05, 3.63) is 0 Å². The molecule has 1 aromatic rings. The van der Waals surface area contributed by atoms with E-state index in [0.717, 1.165) is 45.8 Å². The van der Waals surface area contributed by atoms with Gasteiger partial charge in [0.1, 0.15) is 0 Å². The topological polar surface area (TPSA) is 75.2 Å². The fraction of sp³-hybridized carbons (Fsp3) is 0.786. The van der Waals surface area contributed by atoms with Crippen LogP contribution in [0, 0.1) is 0 Å². The fourth-order valence-corrected chi connectivity index (χ4v) is 1.85. The SMILES string of the molecule is CCNc1nc(NCCCOCC)nc(N(CC)CC)n1. The number of hydrogen-bond donors (Lipinski definition) is 2. The van der Waals surface area contributed by atoms with Crippen molar-refractivity contribution < 1.29 is 4.74 Å². The highest BCUT2D eigenvalue weighted by molar-refractivity contribution is 5.43. The number of hydrogen-bond acceptors (Lipinski definition) is 7. The van der Waals surface area contributed by atoms with Crippen LogP contribution in [0.1, 0.15) is 34.1 Å². The van der Waals surface area contributed by atoms with Crippen LogP contribution in [0.4, 0.5) is 17.8 Å². The molecule has 0 amide bonds. The monoisotopic (exact) mass is 296 g/mol. The molecule has 0 fully saturated rings. The molecule has 0 saturated heterocycles. The Bertz CT molecular complexity index is 397. The molecule has 1 rings (SSSR count). The highest BCUT2D eigenvalue weighted by Crippen LogP contribution is 2.13. The van der Waals surface area contributed by atoms with Crippen LogP contribution >= 0.6 is 0 Å². The molecule has 0 atom stereocenters. The second-order valence-corrected chi connectivity index (χ2v) is 4.46. The first-order chi connectivity index (χ1) is 10.2. The summed E-state index contributed by atoms with van der Waals surface area (Å²) in [5.74, 6) is 1.93. The quantitative estimate of drug-likeness (QED) is 0.605. The third kappa shape index (κ3) is 6.12. The fourth-order valence-electron chi connectivity index (χ4n) is 1.85.